The van der Waals surface area contributed by atoms with Gasteiger partial charge in [-0.05, 0) is 41.5 Å². The Morgan fingerprint density at radius 1 is 0.765 bits per heavy atom. The van der Waals surface area contributed by atoms with Crippen molar-refractivity contribution in [1.29, 1.82) is 0 Å². The molecule has 2 rings (SSSR count). The molecule has 4 heteroatoms. The Balaban J connectivity index is 2.39. The Hall–Kier alpha value is -0.730. The zero-order valence-electron chi connectivity index (χ0n) is 8.70. The van der Waals surface area contributed by atoms with E-state index < -0.39 is 6.10 Å². The summed E-state index contributed by atoms with van der Waals surface area (Å²) in [5.74, 6) is 0. The molecule has 0 aromatic heterocycles. The number of halogens is 3. The summed E-state index contributed by atoms with van der Waals surface area (Å²) in [6, 6.07) is 12.0. The average Bonchev–Trinajstić information content (AvgIpc) is 2.26. The molecule has 0 aliphatic heterocycles. The highest BCUT2D eigenvalue weighted by molar-refractivity contribution is 6.34. The monoisotopic (exact) mass is 286 g/mol. The Morgan fingerprint density at radius 2 is 1.35 bits per heavy atom. The third kappa shape index (κ3) is 3.14. The molecule has 0 unspecified atom stereocenters. The van der Waals surface area contributed by atoms with Crippen molar-refractivity contribution in [2.75, 3.05) is 0 Å². The smallest absolute Gasteiger partial charge is 0.104 e. The van der Waals surface area contributed by atoms with Crippen molar-refractivity contribution >= 4 is 34.8 Å². The van der Waals surface area contributed by atoms with Crippen LogP contribution in [0.3, 0.4) is 0 Å². The van der Waals surface area contributed by atoms with Crippen LogP contribution < -0.4 is 0 Å². The molecule has 1 nitrogen and oxygen atoms in total. The fourth-order valence-corrected chi connectivity index (χ4v) is 2.34. The lowest BCUT2D eigenvalue weighted by atomic mass is 10.0. The summed E-state index contributed by atoms with van der Waals surface area (Å²) in [6.07, 6.45) is -0.787. The molecule has 1 N–H and O–H groups in total. The Morgan fingerprint density at radius 3 is 1.94 bits per heavy atom. The second-order valence-electron chi connectivity index (χ2n) is 3.66. The summed E-state index contributed by atoms with van der Waals surface area (Å²) in [4.78, 5) is 0. The first-order valence-electron chi connectivity index (χ1n) is 4.96. The van der Waals surface area contributed by atoms with E-state index in [-0.39, 0.29) is 0 Å². The Labute approximate surface area is 115 Å². The molecule has 0 heterocycles. The second-order valence-corrected chi connectivity index (χ2v) is 4.97. The van der Waals surface area contributed by atoms with Crippen LogP contribution in [0.1, 0.15) is 17.2 Å². The van der Waals surface area contributed by atoms with E-state index in [9.17, 15) is 5.11 Å². The van der Waals surface area contributed by atoms with Gasteiger partial charge in [0.15, 0.2) is 0 Å². The van der Waals surface area contributed by atoms with E-state index in [1.165, 1.54) is 0 Å². The van der Waals surface area contributed by atoms with Gasteiger partial charge in [0.2, 0.25) is 0 Å². The Kier molecular flexibility index (Phi) is 3.95. The van der Waals surface area contributed by atoms with Gasteiger partial charge >= 0.3 is 0 Å². The molecule has 0 radical (unpaired) electrons. The summed E-state index contributed by atoms with van der Waals surface area (Å²) in [6.45, 7) is 0. The molecule has 0 aliphatic carbocycles. The molecule has 17 heavy (non-hydrogen) atoms. The van der Waals surface area contributed by atoms with Crippen molar-refractivity contribution in [1.82, 2.24) is 0 Å². The van der Waals surface area contributed by atoms with Crippen molar-refractivity contribution in [2.45, 2.75) is 6.10 Å². The minimum absolute atomic E-state index is 0.494. The van der Waals surface area contributed by atoms with E-state index in [0.29, 0.717) is 26.2 Å². The standard InChI is InChI=1S/C13H9Cl3O/c14-10-3-1-2-8(4-10)13(17)9-5-11(15)7-12(16)6-9/h1-7,13,17H/t13-/m1/s1. The van der Waals surface area contributed by atoms with Gasteiger partial charge < -0.3 is 5.11 Å². The van der Waals surface area contributed by atoms with Crippen LogP contribution in [0.4, 0.5) is 0 Å². The van der Waals surface area contributed by atoms with Crippen molar-refractivity contribution in [2.24, 2.45) is 0 Å². The lowest BCUT2D eigenvalue weighted by molar-refractivity contribution is 0.220. The highest BCUT2D eigenvalue weighted by Crippen LogP contribution is 2.28. The van der Waals surface area contributed by atoms with Gasteiger partial charge in [-0.3, -0.25) is 0 Å². The lowest BCUT2D eigenvalue weighted by Gasteiger charge is -2.12. The highest BCUT2D eigenvalue weighted by atomic mass is 35.5. The molecule has 0 spiro atoms. The lowest BCUT2D eigenvalue weighted by Crippen LogP contribution is -1.99. The summed E-state index contributed by atoms with van der Waals surface area (Å²) >= 11 is 17.7. The first kappa shape index (κ1) is 12.7. The maximum Gasteiger partial charge on any atom is 0.104 e. The number of hydrogen-bond acceptors (Lipinski definition) is 1. The maximum atomic E-state index is 10.2. The van der Waals surface area contributed by atoms with E-state index in [2.05, 4.69) is 0 Å². The van der Waals surface area contributed by atoms with Crippen LogP contribution in [0.5, 0.6) is 0 Å². The van der Waals surface area contributed by atoms with Crippen LogP contribution in [0.25, 0.3) is 0 Å². The van der Waals surface area contributed by atoms with Crippen LogP contribution in [-0.4, -0.2) is 5.11 Å². The first-order valence-corrected chi connectivity index (χ1v) is 6.09. The molecule has 0 saturated carbocycles. The molecule has 1 atom stereocenters. The predicted molar refractivity (Wildman–Crippen MR) is 72.0 cm³/mol. The van der Waals surface area contributed by atoms with Crippen molar-refractivity contribution < 1.29 is 5.11 Å². The summed E-state index contributed by atoms with van der Waals surface area (Å²) < 4.78 is 0. The number of aliphatic hydroxyl groups is 1. The van der Waals surface area contributed by atoms with Gasteiger partial charge in [-0.2, -0.15) is 0 Å². The highest BCUT2D eigenvalue weighted by Gasteiger charge is 2.12. The van der Waals surface area contributed by atoms with Gasteiger partial charge in [-0.25, -0.2) is 0 Å². The van der Waals surface area contributed by atoms with Crippen LogP contribution >= 0.6 is 34.8 Å². The maximum absolute atomic E-state index is 10.2. The SMILES string of the molecule is O[C@H](c1cccc(Cl)c1)c1cc(Cl)cc(Cl)c1. The van der Waals surface area contributed by atoms with Crippen molar-refractivity contribution in [3.8, 4) is 0 Å². The molecule has 88 valence electrons. The number of hydrogen-bond donors (Lipinski definition) is 1. The third-order valence-electron chi connectivity index (χ3n) is 2.37. The molecule has 0 amide bonds. The molecular weight excluding hydrogens is 279 g/mol. The number of benzene rings is 2. The van der Waals surface area contributed by atoms with Crippen molar-refractivity contribution in [3.05, 3.63) is 68.7 Å². The Bertz CT molecular complexity index is 520. The molecule has 2 aromatic rings. The second kappa shape index (κ2) is 5.28. The van der Waals surface area contributed by atoms with Crippen LogP contribution in [0, 0.1) is 0 Å². The molecular formula is C13H9Cl3O. The van der Waals surface area contributed by atoms with E-state index in [4.69, 9.17) is 34.8 Å². The van der Waals surface area contributed by atoms with E-state index >= 15 is 0 Å². The minimum Gasteiger partial charge on any atom is -0.384 e. The molecule has 0 aliphatic rings. The molecule has 0 bridgehead atoms. The minimum atomic E-state index is -0.787. The van der Waals surface area contributed by atoms with Crippen LogP contribution in [0.15, 0.2) is 42.5 Å². The topological polar surface area (TPSA) is 20.2 Å². The largest absolute Gasteiger partial charge is 0.384 e. The number of aliphatic hydroxyl groups excluding tert-OH is 1. The summed E-state index contributed by atoms with van der Waals surface area (Å²) in [7, 11) is 0. The van der Waals surface area contributed by atoms with Crippen LogP contribution in [0.2, 0.25) is 15.1 Å². The van der Waals surface area contributed by atoms with E-state index in [0.717, 1.165) is 0 Å². The van der Waals surface area contributed by atoms with Gasteiger partial charge in [0, 0.05) is 15.1 Å². The van der Waals surface area contributed by atoms with Gasteiger partial charge in [0.05, 0.1) is 0 Å². The van der Waals surface area contributed by atoms with Crippen LogP contribution in [-0.2, 0) is 0 Å². The number of rotatable bonds is 2. The summed E-state index contributed by atoms with van der Waals surface area (Å²) in [5, 5.41) is 11.8. The van der Waals surface area contributed by atoms with E-state index in [1.54, 1.807) is 42.5 Å². The molecule has 0 saturated heterocycles. The normalized spacial score (nSPS) is 12.5. The summed E-state index contributed by atoms with van der Waals surface area (Å²) in [5.41, 5.74) is 1.35. The zero-order valence-corrected chi connectivity index (χ0v) is 11.0. The third-order valence-corrected chi connectivity index (χ3v) is 3.04. The quantitative estimate of drug-likeness (QED) is 0.846. The fraction of sp³-hybridized carbons (Fsp3) is 0.0769. The average molecular weight is 288 g/mol. The van der Waals surface area contributed by atoms with Gasteiger partial charge in [0.1, 0.15) is 6.10 Å². The van der Waals surface area contributed by atoms with Crippen molar-refractivity contribution in [3.63, 3.8) is 0 Å². The molecule has 2 aromatic carbocycles. The first-order chi connectivity index (χ1) is 8.06. The van der Waals surface area contributed by atoms with Gasteiger partial charge in [-0.15, -0.1) is 0 Å². The van der Waals surface area contributed by atoms with Gasteiger partial charge in [-0.1, -0.05) is 46.9 Å². The zero-order chi connectivity index (χ0) is 12.4. The van der Waals surface area contributed by atoms with E-state index in [1.807, 2.05) is 0 Å². The fourth-order valence-electron chi connectivity index (χ4n) is 1.60. The predicted octanol–water partition coefficient (Wildman–Crippen LogP) is 4.73. The molecule has 0 fully saturated rings. The van der Waals surface area contributed by atoms with Gasteiger partial charge in [0.25, 0.3) is 0 Å².